The lowest BCUT2D eigenvalue weighted by Gasteiger charge is -2.20. The zero-order valence-corrected chi connectivity index (χ0v) is 15.5. The number of carbonyl (C=O) groups excluding carboxylic acids is 1. The number of hydrogen-bond acceptors (Lipinski definition) is 3. The molecule has 0 spiro atoms. The van der Waals surface area contributed by atoms with Gasteiger partial charge in [-0.2, -0.15) is 0 Å². The molecular formula is C21H18ClNO3. The number of nitrogens with zero attached hydrogens (tertiary/aromatic N) is 1. The molecule has 1 amide bonds. The fraction of sp³-hybridized carbons (Fsp3) is 0.238. The second-order valence-electron chi connectivity index (χ2n) is 6.95. The first-order valence-electron chi connectivity index (χ1n) is 8.51. The third kappa shape index (κ3) is 2.44. The van der Waals surface area contributed by atoms with E-state index in [4.69, 9.17) is 16.0 Å². The highest BCUT2D eigenvalue weighted by Crippen LogP contribution is 2.37. The maximum absolute atomic E-state index is 13.1. The standard InChI is InChI=1S/C21H18ClNO3/c1-11(2)12-4-6-13(7-5-12)18-17-19(24)15-10-14(22)8-9-16(15)26-20(17)21(25)23(18)3/h4-11,18H,1-3H3/t18-/m1/s1. The maximum atomic E-state index is 13.1. The SMILES string of the molecule is CC(C)c1ccc([C@@H]2c3c(oc4ccc(Cl)cc4c3=O)C(=O)N2C)cc1. The van der Waals surface area contributed by atoms with E-state index in [0.717, 1.165) is 5.56 Å². The Kier molecular flexibility index (Phi) is 3.88. The Bertz CT molecular complexity index is 1080. The molecular weight excluding hydrogens is 350 g/mol. The average Bonchev–Trinajstić information content (AvgIpc) is 2.87. The van der Waals surface area contributed by atoms with Crippen LogP contribution < -0.4 is 5.43 Å². The first-order chi connectivity index (χ1) is 12.4. The van der Waals surface area contributed by atoms with Crippen molar-refractivity contribution in [1.29, 1.82) is 0 Å². The Morgan fingerprint density at radius 2 is 1.77 bits per heavy atom. The van der Waals surface area contributed by atoms with Crippen LogP contribution in [0.4, 0.5) is 0 Å². The molecule has 1 aliphatic heterocycles. The van der Waals surface area contributed by atoms with Crippen LogP contribution in [0.5, 0.6) is 0 Å². The van der Waals surface area contributed by atoms with Crippen LogP contribution in [0, 0.1) is 0 Å². The molecule has 0 aliphatic carbocycles. The van der Waals surface area contributed by atoms with Crippen LogP contribution in [-0.4, -0.2) is 17.9 Å². The quantitative estimate of drug-likeness (QED) is 0.657. The molecule has 5 heteroatoms. The Morgan fingerprint density at radius 3 is 2.42 bits per heavy atom. The molecule has 0 unspecified atom stereocenters. The molecule has 0 bridgehead atoms. The van der Waals surface area contributed by atoms with Gasteiger partial charge in [-0.05, 0) is 35.2 Å². The minimum Gasteiger partial charge on any atom is -0.450 e. The van der Waals surface area contributed by atoms with Gasteiger partial charge in [0.05, 0.1) is 17.0 Å². The molecule has 132 valence electrons. The summed E-state index contributed by atoms with van der Waals surface area (Å²) in [6.45, 7) is 4.25. The summed E-state index contributed by atoms with van der Waals surface area (Å²) in [6, 6.07) is 12.4. The van der Waals surface area contributed by atoms with E-state index in [1.54, 1.807) is 30.1 Å². The number of carbonyl (C=O) groups is 1. The van der Waals surface area contributed by atoms with Gasteiger partial charge in [0.1, 0.15) is 5.58 Å². The minimum absolute atomic E-state index is 0.116. The largest absolute Gasteiger partial charge is 0.450 e. The summed E-state index contributed by atoms with van der Waals surface area (Å²) < 4.78 is 5.79. The van der Waals surface area contributed by atoms with Crippen LogP contribution in [0.1, 0.15) is 53.1 Å². The van der Waals surface area contributed by atoms with E-state index < -0.39 is 6.04 Å². The summed E-state index contributed by atoms with van der Waals surface area (Å²) in [5.74, 6) is 0.243. The molecule has 4 nitrogen and oxygen atoms in total. The van der Waals surface area contributed by atoms with E-state index in [-0.39, 0.29) is 17.1 Å². The normalized spacial score (nSPS) is 16.6. The Hall–Kier alpha value is -2.59. The van der Waals surface area contributed by atoms with E-state index >= 15 is 0 Å². The van der Waals surface area contributed by atoms with Gasteiger partial charge in [0.2, 0.25) is 5.76 Å². The van der Waals surface area contributed by atoms with Gasteiger partial charge in [0.15, 0.2) is 5.43 Å². The van der Waals surface area contributed by atoms with Crippen molar-refractivity contribution in [2.45, 2.75) is 25.8 Å². The smallest absolute Gasteiger partial charge is 0.290 e. The van der Waals surface area contributed by atoms with Gasteiger partial charge in [-0.1, -0.05) is 49.7 Å². The Labute approximate surface area is 156 Å². The van der Waals surface area contributed by atoms with Crippen LogP contribution in [0.25, 0.3) is 11.0 Å². The molecule has 4 rings (SSSR count). The molecule has 0 saturated carbocycles. The van der Waals surface area contributed by atoms with E-state index in [9.17, 15) is 9.59 Å². The summed E-state index contributed by atoms with van der Waals surface area (Å²) in [6.07, 6.45) is 0. The van der Waals surface area contributed by atoms with E-state index in [0.29, 0.717) is 27.5 Å². The molecule has 0 fully saturated rings. The molecule has 2 heterocycles. The highest BCUT2D eigenvalue weighted by molar-refractivity contribution is 6.31. The van der Waals surface area contributed by atoms with Crippen LogP contribution in [0.15, 0.2) is 51.7 Å². The fourth-order valence-corrected chi connectivity index (χ4v) is 3.69. The van der Waals surface area contributed by atoms with Crippen LogP contribution in [0.3, 0.4) is 0 Å². The monoisotopic (exact) mass is 367 g/mol. The van der Waals surface area contributed by atoms with Crippen molar-refractivity contribution in [3.8, 4) is 0 Å². The molecule has 2 aromatic carbocycles. The second-order valence-corrected chi connectivity index (χ2v) is 7.39. The lowest BCUT2D eigenvalue weighted by atomic mass is 9.95. The molecule has 3 aromatic rings. The van der Waals surface area contributed by atoms with Gasteiger partial charge >= 0.3 is 0 Å². The van der Waals surface area contributed by atoms with Gasteiger partial charge < -0.3 is 9.32 Å². The lowest BCUT2D eigenvalue weighted by Crippen LogP contribution is -2.25. The van der Waals surface area contributed by atoms with Crippen molar-refractivity contribution in [3.05, 3.63) is 80.2 Å². The summed E-state index contributed by atoms with van der Waals surface area (Å²) in [5.41, 5.74) is 2.63. The van der Waals surface area contributed by atoms with Crippen molar-refractivity contribution < 1.29 is 9.21 Å². The van der Waals surface area contributed by atoms with Gasteiger partial charge in [-0.15, -0.1) is 0 Å². The Morgan fingerprint density at radius 1 is 1.08 bits per heavy atom. The molecule has 1 aliphatic rings. The maximum Gasteiger partial charge on any atom is 0.290 e. The number of fused-ring (bicyclic) bond motifs is 2. The highest BCUT2D eigenvalue weighted by Gasteiger charge is 2.40. The predicted molar refractivity (Wildman–Crippen MR) is 102 cm³/mol. The van der Waals surface area contributed by atoms with Crippen molar-refractivity contribution in [3.63, 3.8) is 0 Å². The summed E-state index contributed by atoms with van der Waals surface area (Å²) in [4.78, 5) is 27.4. The number of benzene rings is 2. The lowest BCUT2D eigenvalue weighted by molar-refractivity contribution is 0.0771. The van der Waals surface area contributed by atoms with Crippen molar-refractivity contribution in [2.75, 3.05) is 7.05 Å². The average molecular weight is 368 g/mol. The van der Waals surface area contributed by atoms with Gasteiger partial charge in [-0.3, -0.25) is 9.59 Å². The number of amides is 1. The molecule has 0 saturated heterocycles. The predicted octanol–water partition coefficient (Wildman–Crippen LogP) is 4.74. The van der Waals surface area contributed by atoms with Crippen LogP contribution in [-0.2, 0) is 0 Å². The van der Waals surface area contributed by atoms with Crippen molar-refractivity contribution in [2.24, 2.45) is 0 Å². The van der Waals surface area contributed by atoms with Gasteiger partial charge in [-0.25, -0.2) is 0 Å². The van der Waals surface area contributed by atoms with E-state index in [1.807, 2.05) is 24.3 Å². The molecule has 26 heavy (non-hydrogen) atoms. The molecule has 0 radical (unpaired) electrons. The molecule has 0 N–H and O–H groups in total. The van der Waals surface area contributed by atoms with Crippen LogP contribution >= 0.6 is 11.6 Å². The van der Waals surface area contributed by atoms with Crippen molar-refractivity contribution >= 4 is 28.5 Å². The van der Waals surface area contributed by atoms with E-state index in [2.05, 4.69) is 13.8 Å². The molecule has 1 atom stereocenters. The Balaban J connectivity index is 1.94. The number of halogens is 1. The third-order valence-corrected chi connectivity index (χ3v) is 5.22. The van der Waals surface area contributed by atoms with E-state index in [1.165, 1.54) is 5.56 Å². The minimum atomic E-state index is -0.460. The van der Waals surface area contributed by atoms with Gasteiger partial charge in [0, 0.05) is 12.1 Å². The molecule has 1 aromatic heterocycles. The van der Waals surface area contributed by atoms with Crippen molar-refractivity contribution in [1.82, 2.24) is 4.90 Å². The van der Waals surface area contributed by atoms with Crippen LogP contribution in [0.2, 0.25) is 5.02 Å². The number of rotatable bonds is 2. The zero-order chi connectivity index (χ0) is 18.6. The topological polar surface area (TPSA) is 50.5 Å². The van der Waals surface area contributed by atoms with Gasteiger partial charge in [0.25, 0.3) is 5.91 Å². The zero-order valence-electron chi connectivity index (χ0n) is 14.7. The highest BCUT2D eigenvalue weighted by atomic mass is 35.5. The number of hydrogen-bond donors (Lipinski definition) is 0. The summed E-state index contributed by atoms with van der Waals surface area (Å²) in [5, 5.41) is 0.850. The summed E-state index contributed by atoms with van der Waals surface area (Å²) >= 11 is 6.04. The first-order valence-corrected chi connectivity index (χ1v) is 8.89. The summed E-state index contributed by atoms with van der Waals surface area (Å²) in [7, 11) is 1.69. The first kappa shape index (κ1) is 16.9. The fourth-order valence-electron chi connectivity index (χ4n) is 3.51. The third-order valence-electron chi connectivity index (χ3n) is 4.98. The second kappa shape index (κ2) is 5.99.